The third-order valence-corrected chi connectivity index (χ3v) is 6.57. The number of esters is 1. The molecule has 1 N–H and O–H groups in total. The van der Waals surface area contributed by atoms with Crippen LogP contribution >= 0.6 is 0 Å². The average Bonchev–Trinajstić information content (AvgIpc) is 2.93. The first-order chi connectivity index (χ1) is 21.4. The first kappa shape index (κ1) is 37.0. The van der Waals surface area contributed by atoms with Crippen LogP contribution in [-0.4, -0.2) is 77.9 Å². The van der Waals surface area contributed by atoms with E-state index in [1.54, 1.807) is 41.5 Å². The number of hydrogen-bond donors (Lipinski definition) is 1. The molecule has 258 valence electrons. The molecule has 1 aliphatic rings. The Balaban J connectivity index is 2.14. The van der Waals surface area contributed by atoms with Crippen LogP contribution in [0.3, 0.4) is 0 Å². The van der Waals surface area contributed by atoms with Crippen molar-refractivity contribution in [1.29, 1.82) is 0 Å². The summed E-state index contributed by atoms with van der Waals surface area (Å²) in [6.07, 6.45) is -12.0. The highest BCUT2D eigenvalue weighted by atomic mass is 19.4. The van der Waals surface area contributed by atoms with Crippen molar-refractivity contribution in [2.45, 2.75) is 71.1 Å². The predicted octanol–water partition coefficient (Wildman–Crippen LogP) is 6.97. The van der Waals surface area contributed by atoms with E-state index in [2.05, 4.69) is 5.32 Å². The quantitative estimate of drug-likeness (QED) is 0.212. The molecule has 1 atom stereocenters. The SMILES string of the molecule is COC(=O)[C@@H]1CN(C(=O)OC(C)(C)C)CCN1C(=O)c1cc(-c2cc(C(F)(F)F)cc(C(F)(F)F)c2)ccc1NC(=O)OC(C)(C)C. The Kier molecular flexibility index (Phi) is 10.5. The smallest absolute Gasteiger partial charge is 0.416 e. The minimum Gasteiger partial charge on any atom is -0.467 e. The Morgan fingerprint density at radius 3 is 1.81 bits per heavy atom. The lowest BCUT2D eigenvalue weighted by Gasteiger charge is -2.40. The minimum absolute atomic E-state index is 0.0287. The zero-order valence-electron chi connectivity index (χ0n) is 26.7. The molecule has 0 bridgehead atoms. The first-order valence-electron chi connectivity index (χ1n) is 14.2. The van der Waals surface area contributed by atoms with Gasteiger partial charge >= 0.3 is 30.5 Å². The Morgan fingerprint density at radius 1 is 0.766 bits per heavy atom. The Hall–Kier alpha value is -4.50. The number of hydrogen-bond acceptors (Lipinski definition) is 7. The lowest BCUT2D eigenvalue weighted by Crippen LogP contribution is -2.60. The fourth-order valence-corrected chi connectivity index (χ4v) is 4.56. The number of alkyl halides is 6. The number of nitrogens with one attached hydrogen (secondary N) is 1. The molecule has 1 saturated heterocycles. The highest BCUT2D eigenvalue weighted by Gasteiger charge is 2.41. The van der Waals surface area contributed by atoms with Crippen LogP contribution in [0.2, 0.25) is 0 Å². The molecule has 16 heteroatoms. The number of amides is 3. The number of halogens is 6. The number of piperazine rings is 1. The molecule has 0 spiro atoms. The maximum atomic E-state index is 14.1. The van der Waals surface area contributed by atoms with Gasteiger partial charge in [-0.2, -0.15) is 26.3 Å². The summed E-state index contributed by atoms with van der Waals surface area (Å²) in [4.78, 5) is 54.5. The highest BCUT2D eigenvalue weighted by molar-refractivity contribution is 6.05. The molecule has 0 aliphatic carbocycles. The van der Waals surface area contributed by atoms with Crippen molar-refractivity contribution in [1.82, 2.24) is 9.80 Å². The molecule has 1 fully saturated rings. The van der Waals surface area contributed by atoms with E-state index < -0.39 is 70.3 Å². The fourth-order valence-electron chi connectivity index (χ4n) is 4.56. The highest BCUT2D eigenvalue weighted by Crippen LogP contribution is 2.39. The standard InChI is InChI=1S/C31H35F6N3O7/c1-28(2,3)46-26(43)38-22-9-8-17(18-12-19(30(32,33)34)15-20(13-18)31(35,36)37)14-21(22)24(41)40-11-10-39(16-23(40)25(42)45-7)27(44)47-29(4,5)6/h8-9,12-15,23H,10-11,16H2,1-7H3,(H,38,43)/t23-/m0/s1. The van der Waals surface area contributed by atoms with Crippen molar-refractivity contribution >= 4 is 29.8 Å². The molecule has 0 unspecified atom stereocenters. The van der Waals surface area contributed by atoms with Crippen LogP contribution in [0.4, 0.5) is 41.6 Å². The van der Waals surface area contributed by atoms with Gasteiger partial charge in [-0.1, -0.05) is 6.07 Å². The number of benzene rings is 2. The normalized spacial score (nSPS) is 16.0. The summed E-state index contributed by atoms with van der Waals surface area (Å²) in [5.41, 5.74) is -6.36. The van der Waals surface area contributed by atoms with Gasteiger partial charge in [0, 0.05) is 13.1 Å². The molecule has 3 amide bonds. The van der Waals surface area contributed by atoms with E-state index in [0.717, 1.165) is 30.2 Å². The second-order valence-corrected chi connectivity index (χ2v) is 12.6. The molecule has 0 radical (unpaired) electrons. The molecule has 2 aromatic carbocycles. The summed E-state index contributed by atoms with van der Waals surface area (Å²) in [7, 11) is 1.05. The van der Waals surface area contributed by atoms with Crippen molar-refractivity contribution < 1.29 is 59.7 Å². The molecule has 1 aliphatic heterocycles. The number of carbonyl (C=O) groups excluding carboxylic acids is 4. The molecule has 10 nitrogen and oxygen atoms in total. The summed E-state index contributed by atoms with van der Waals surface area (Å²) in [6.45, 7) is 8.89. The fraction of sp³-hybridized carbons (Fsp3) is 0.484. The van der Waals surface area contributed by atoms with Gasteiger partial charge in [-0.05, 0) is 83.0 Å². The molecule has 1 heterocycles. The number of methoxy groups -OCH3 is 1. The number of nitrogens with zero attached hydrogens (tertiary/aromatic N) is 2. The first-order valence-corrected chi connectivity index (χ1v) is 14.2. The van der Waals surface area contributed by atoms with Gasteiger partial charge in [0.25, 0.3) is 5.91 Å². The third-order valence-electron chi connectivity index (χ3n) is 6.57. The van der Waals surface area contributed by atoms with Crippen LogP contribution in [0, 0.1) is 0 Å². The van der Waals surface area contributed by atoms with Gasteiger partial charge in [-0.15, -0.1) is 0 Å². The van der Waals surface area contributed by atoms with Gasteiger partial charge in [0.05, 0.1) is 36.0 Å². The second-order valence-electron chi connectivity index (χ2n) is 12.6. The van der Waals surface area contributed by atoms with E-state index in [1.165, 1.54) is 4.90 Å². The Labute approximate surface area is 266 Å². The van der Waals surface area contributed by atoms with E-state index in [4.69, 9.17) is 14.2 Å². The predicted molar refractivity (Wildman–Crippen MR) is 156 cm³/mol. The van der Waals surface area contributed by atoms with Crippen molar-refractivity contribution in [2.24, 2.45) is 0 Å². The number of carbonyl (C=O) groups is 4. The molecule has 2 aromatic rings. The number of rotatable bonds is 4. The van der Waals surface area contributed by atoms with Crippen molar-refractivity contribution in [2.75, 3.05) is 32.1 Å². The zero-order chi connectivity index (χ0) is 35.7. The van der Waals surface area contributed by atoms with Gasteiger partial charge in [-0.3, -0.25) is 10.1 Å². The lowest BCUT2D eigenvalue weighted by atomic mass is 9.96. The van der Waals surface area contributed by atoms with Crippen LogP contribution in [-0.2, 0) is 31.4 Å². The third kappa shape index (κ3) is 9.75. The van der Waals surface area contributed by atoms with Crippen LogP contribution in [0.15, 0.2) is 36.4 Å². The van der Waals surface area contributed by atoms with Crippen LogP contribution in [0.25, 0.3) is 11.1 Å². The van der Waals surface area contributed by atoms with Gasteiger partial charge in [0.2, 0.25) is 0 Å². The van der Waals surface area contributed by atoms with Crippen molar-refractivity contribution in [3.05, 3.63) is 53.1 Å². The summed E-state index contributed by atoms with van der Waals surface area (Å²) < 4.78 is 97.1. The molecular weight excluding hydrogens is 640 g/mol. The zero-order valence-corrected chi connectivity index (χ0v) is 26.7. The van der Waals surface area contributed by atoms with Crippen LogP contribution in [0.1, 0.15) is 63.0 Å². The minimum atomic E-state index is -5.13. The summed E-state index contributed by atoms with van der Waals surface area (Å²) in [6, 6.07) is 2.81. The van der Waals surface area contributed by atoms with Gasteiger partial charge < -0.3 is 24.0 Å². The molecule has 3 rings (SSSR count). The van der Waals surface area contributed by atoms with E-state index in [0.29, 0.717) is 12.1 Å². The van der Waals surface area contributed by atoms with E-state index >= 15 is 0 Å². The monoisotopic (exact) mass is 675 g/mol. The Bertz CT molecular complexity index is 1500. The van der Waals surface area contributed by atoms with E-state index in [1.807, 2.05) is 0 Å². The number of ether oxygens (including phenoxy) is 3. The van der Waals surface area contributed by atoms with Crippen molar-refractivity contribution in [3.63, 3.8) is 0 Å². The topological polar surface area (TPSA) is 114 Å². The Morgan fingerprint density at radius 2 is 1.32 bits per heavy atom. The molecule has 0 saturated carbocycles. The average molecular weight is 676 g/mol. The van der Waals surface area contributed by atoms with Gasteiger partial charge in [-0.25, -0.2) is 14.4 Å². The lowest BCUT2D eigenvalue weighted by molar-refractivity contribution is -0.148. The maximum absolute atomic E-state index is 14.1. The molecular formula is C31H35F6N3O7. The number of anilines is 1. The summed E-state index contributed by atoms with van der Waals surface area (Å²) >= 11 is 0. The van der Waals surface area contributed by atoms with Crippen molar-refractivity contribution in [3.8, 4) is 11.1 Å². The second kappa shape index (κ2) is 13.3. The molecule has 47 heavy (non-hydrogen) atoms. The largest absolute Gasteiger partial charge is 0.467 e. The van der Waals surface area contributed by atoms with E-state index in [-0.39, 0.29) is 42.5 Å². The van der Waals surface area contributed by atoms with Gasteiger partial charge in [0.15, 0.2) is 0 Å². The summed E-state index contributed by atoms with van der Waals surface area (Å²) in [5, 5.41) is 2.38. The molecule has 0 aromatic heterocycles. The maximum Gasteiger partial charge on any atom is 0.416 e. The van der Waals surface area contributed by atoms with E-state index in [9.17, 15) is 45.5 Å². The van der Waals surface area contributed by atoms with Crippen LogP contribution < -0.4 is 5.32 Å². The van der Waals surface area contributed by atoms with Crippen LogP contribution in [0.5, 0.6) is 0 Å². The summed E-state index contributed by atoms with van der Waals surface area (Å²) in [5.74, 6) is -1.86. The van der Waals surface area contributed by atoms with Gasteiger partial charge in [0.1, 0.15) is 17.2 Å².